The third-order valence-corrected chi connectivity index (χ3v) is 20.6. The molecule has 6 aromatic heterocycles. The summed E-state index contributed by atoms with van der Waals surface area (Å²) in [7, 11) is 0. The fourth-order valence-corrected chi connectivity index (χ4v) is 15.4. The molecule has 0 atom stereocenters. The zero-order valence-electron chi connectivity index (χ0n) is 58.1. The number of pyridine rings is 2. The molecule has 6 heterocycles. The van der Waals surface area contributed by atoms with Crippen molar-refractivity contribution in [2.24, 2.45) is 0 Å². The summed E-state index contributed by atoms with van der Waals surface area (Å²) in [6.07, 6.45) is 0. The Balaban J connectivity index is 1.18. The Kier molecular flexibility index (Phi) is 13.7. The predicted octanol–water partition coefficient (Wildman–Crippen LogP) is 24.7. The van der Waals surface area contributed by atoms with Gasteiger partial charge in [0.2, 0.25) is 0 Å². The lowest BCUT2D eigenvalue weighted by Crippen LogP contribution is -2.16. The van der Waals surface area contributed by atoms with Gasteiger partial charge >= 0.3 is 0 Å². The molecular weight excluding hydrogens is 1190 g/mol. The maximum atomic E-state index is 6.72. The zero-order chi connectivity index (χ0) is 67.3. The lowest BCUT2D eigenvalue weighted by molar-refractivity contribution is 0.591. The van der Waals surface area contributed by atoms with Crippen LogP contribution in [0.25, 0.3) is 155 Å². The van der Waals surface area contributed by atoms with Crippen molar-refractivity contribution in [3.8, 4) is 67.8 Å². The Morgan fingerprint density at radius 3 is 0.918 bits per heavy atom. The molecule has 0 saturated carbocycles. The van der Waals surface area contributed by atoms with E-state index in [0.29, 0.717) is 0 Å². The van der Waals surface area contributed by atoms with Crippen LogP contribution in [0, 0.1) is 0 Å². The molecule has 0 spiro atoms. The molecule has 6 heteroatoms. The number of hydrogen-bond acceptors (Lipinski definition) is 2. The van der Waals surface area contributed by atoms with Gasteiger partial charge in [0, 0.05) is 65.3 Å². The van der Waals surface area contributed by atoms with Gasteiger partial charge in [-0.2, -0.15) is 0 Å². The van der Waals surface area contributed by atoms with Crippen molar-refractivity contribution in [3.63, 3.8) is 0 Å². The number of rotatable bonds is 8. The van der Waals surface area contributed by atoms with Crippen molar-refractivity contribution in [2.75, 3.05) is 0 Å². The molecule has 0 saturated heterocycles. The highest BCUT2D eigenvalue weighted by Gasteiger charge is 2.35. The average molecular weight is 1270 g/mol. The molecule has 17 rings (SSSR count). The van der Waals surface area contributed by atoms with Gasteiger partial charge in [0.05, 0.1) is 55.5 Å². The number of para-hydroxylation sites is 4. The molecule has 478 valence electrons. The van der Waals surface area contributed by atoms with Crippen LogP contribution in [-0.2, 0) is 21.7 Å². The maximum absolute atomic E-state index is 6.72. The predicted molar refractivity (Wildman–Crippen MR) is 416 cm³/mol. The van der Waals surface area contributed by atoms with Crippen molar-refractivity contribution < 1.29 is 0 Å². The van der Waals surface area contributed by atoms with Crippen LogP contribution >= 0.6 is 0 Å². The third kappa shape index (κ3) is 9.65. The Morgan fingerprint density at radius 1 is 0.235 bits per heavy atom. The van der Waals surface area contributed by atoms with Crippen LogP contribution in [0.4, 0.5) is 0 Å². The van der Waals surface area contributed by atoms with Crippen LogP contribution < -0.4 is 0 Å². The van der Waals surface area contributed by atoms with Crippen LogP contribution in [-0.4, -0.2) is 28.2 Å². The van der Waals surface area contributed by atoms with Gasteiger partial charge in [-0.05, 0) is 140 Å². The minimum Gasteiger partial charge on any atom is -0.305 e. The molecule has 0 N–H and O–H groups in total. The molecule has 0 aliphatic rings. The van der Waals surface area contributed by atoms with Gasteiger partial charge in [-0.25, -0.2) is 9.97 Å². The van der Waals surface area contributed by atoms with Crippen molar-refractivity contribution in [2.45, 2.75) is 105 Å². The van der Waals surface area contributed by atoms with Gasteiger partial charge < -0.3 is 9.13 Å². The molecular formula is C92H80N6. The van der Waals surface area contributed by atoms with E-state index in [-0.39, 0.29) is 21.7 Å². The van der Waals surface area contributed by atoms with Crippen LogP contribution in [0.5, 0.6) is 0 Å². The molecule has 0 aliphatic heterocycles. The van der Waals surface area contributed by atoms with E-state index < -0.39 is 0 Å². The van der Waals surface area contributed by atoms with Crippen LogP contribution in [0.2, 0.25) is 0 Å². The highest BCUT2D eigenvalue weighted by Crippen LogP contribution is 2.52. The van der Waals surface area contributed by atoms with Crippen molar-refractivity contribution >= 4 is 87.2 Å². The Bertz CT molecular complexity index is 5790. The lowest BCUT2D eigenvalue weighted by atomic mass is 9.86. The SMILES string of the molecule is CC(C)(C)c1ccc2c(c1)c1ccccc1n2-c1nc(-n2c3ccccc3c3cc(C(C)(C)C)ccc32)c(-n2c3ccccc3c3cc(C(C)(C)C)ccc32)c(-c2ccccc2-c2ccc(-c3ccccc3)nc2-c2ccccc2)c1-n1c2ccccc2c2cc(C(C)(C)C)ccc21. The zero-order valence-corrected chi connectivity index (χ0v) is 58.1. The van der Waals surface area contributed by atoms with Crippen molar-refractivity contribution in [3.05, 3.63) is 289 Å². The summed E-state index contributed by atoms with van der Waals surface area (Å²) in [6, 6.07) is 99.9. The summed E-state index contributed by atoms with van der Waals surface area (Å²) in [5.74, 6) is 1.58. The molecule has 0 aliphatic carbocycles. The molecule has 0 unspecified atom stereocenters. The number of fused-ring (bicyclic) bond motifs is 12. The molecule has 0 fully saturated rings. The van der Waals surface area contributed by atoms with E-state index in [4.69, 9.17) is 9.97 Å². The average Bonchev–Trinajstić information content (AvgIpc) is 1.49. The first-order valence-electron chi connectivity index (χ1n) is 34.6. The fourth-order valence-electron chi connectivity index (χ4n) is 15.4. The summed E-state index contributed by atoms with van der Waals surface area (Å²) in [5.41, 5.74) is 23.0. The Hall–Kier alpha value is -11.1. The van der Waals surface area contributed by atoms with Gasteiger partial charge in [0.15, 0.2) is 11.6 Å². The number of aromatic nitrogens is 6. The second-order valence-corrected chi connectivity index (χ2v) is 31.0. The topological polar surface area (TPSA) is 45.5 Å². The minimum atomic E-state index is -0.127. The second-order valence-electron chi connectivity index (χ2n) is 31.0. The maximum Gasteiger partial charge on any atom is 0.165 e. The summed E-state index contributed by atoms with van der Waals surface area (Å²) in [6.45, 7) is 27.8. The van der Waals surface area contributed by atoms with E-state index in [9.17, 15) is 0 Å². The second kappa shape index (κ2) is 22.2. The molecule has 6 nitrogen and oxygen atoms in total. The molecule has 0 amide bonds. The molecule has 11 aromatic carbocycles. The highest BCUT2D eigenvalue weighted by molar-refractivity contribution is 6.17. The normalized spacial score (nSPS) is 12.7. The minimum absolute atomic E-state index is 0.118. The summed E-state index contributed by atoms with van der Waals surface area (Å²) in [5, 5.41) is 9.35. The van der Waals surface area contributed by atoms with Gasteiger partial charge in [-0.1, -0.05) is 265 Å². The monoisotopic (exact) mass is 1270 g/mol. The number of nitrogens with zero attached hydrogens (tertiary/aromatic N) is 6. The summed E-state index contributed by atoms with van der Waals surface area (Å²) in [4.78, 5) is 12.5. The van der Waals surface area contributed by atoms with Crippen molar-refractivity contribution in [1.82, 2.24) is 28.2 Å². The smallest absolute Gasteiger partial charge is 0.165 e. The van der Waals surface area contributed by atoms with Crippen LogP contribution in [0.3, 0.4) is 0 Å². The lowest BCUT2D eigenvalue weighted by Gasteiger charge is -2.28. The van der Waals surface area contributed by atoms with E-state index in [0.717, 1.165) is 133 Å². The van der Waals surface area contributed by atoms with E-state index in [2.05, 4.69) is 368 Å². The quantitative estimate of drug-likeness (QED) is 0.152. The van der Waals surface area contributed by atoms with E-state index in [1.54, 1.807) is 0 Å². The summed E-state index contributed by atoms with van der Waals surface area (Å²) >= 11 is 0. The first kappa shape index (κ1) is 60.6. The number of benzene rings is 11. The molecule has 17 aromatic rings. The van der Waals surface area contributed by atoms with Gasteiger partial charge in [0.25, 0.3) is 0 Å². The molecule has 0 bridgehead atoms. The first-order valence-corrected chi connectivity index (χ1v) is 34.6. The number of hydrogen-bond donors (Lipinski definition) is 0. The van der Waals surface area contributed by atoms with Crippen LogP contribution in [0.1, 0.15) is 105 Å². The van der Waals surface area contributed by atoms with Crippen molar-refractivity contribution in [1.29, 1.82) is 0 Å². The highest BCUT2D eigenvalue weighted by atomic mass is 15.2. The first-order chi connectivity index (χ1) is 47.2. The largest absolute Gasteiger partial charge is 0.305 e. The summed E-state index contributed by atoms with van der Waals surface area (Å²) < 4.78 is 10.2. The Morgan fingerprint density at radius 2 is 0.541 bits per heavy atom. The van der Waals surface area contributed by atoms with E-state index >= 15 is 0 Å². The standard InChI is InChI=1S/C92H80N6/c1-89(2,3)59-43-49-79-70(53-59)64-34-21-25-39-75(64)95(79)85-83(68-38-20-19-33-63(68)69-47-48-74(57-29-15-13-16-30-57)93-84(69)58-31-17-14-18-32-58)86(96-76-40-26-22-35-65(76)71-54-60(90(4,5)6)44-50-80(71)96)88(98-78-42-28-24-37-67(78)73-56-62(92(10,11)12)46-52-82(73)98)94-87(85)97-77-41-27-23-36-66(77)72-55-61(91(7,8)9)45-51-81(72)97/h13-56H,1-12H3. The van der Waals surface area contributed by atoms with E-state index in [1.807, 2.05) is 0 Å². The fraction of sp³-hybridized carbons (Fsp3) is 0.174. The van der Waals surface area contributed by atoms with Crippen LogP contribution in [0.15, 0.2) is 267 Å². The van der Waals surface area contributed by atoms with Gasteiger partial charge in [0.1, 0.15) is 11.4 Å². The van der Waals surface area contributed by atoms with E-state index in [1.165, 1.54) is 43.8 Å². The third-order valence-electron chi connectivity index (χ3n) is 20.6. The molecule has 98 heavy (non-hydrogen) atoms. The Labute approximate surface area is 573 Å². The van der Waals surface area contributed by atoms with Gasteiger partial charge in [-0.3, -0.25) is 9.13 Å². The molecule has 0 radical (unpaired) electrons. The van der Waals surface area contributed by atoms with Gasteiger partial charge in [-0.15, -0.1) is 0 Å².